The zero-order valence-corrected chi connectivity index (χ0v) is 18.7. The average Bonchev–Trinajstić information content (AvgIpc) is 3.34. The molecule has 4 aromatic rings. The van der Waals surface area contributed by atoms with Crippen molar-refractivity contribution in [1.29, 1.82) is 0 Å². The third-order valence-electron chi connectivity index (χ3n) is 4.77. The lowest BCUT2D eigenvalue weighted by atomic mass is 10.1. The molecule has 0 saturated carbocycles. The van der Waals surface area contributed by atoms with Gasteiger partial charge in [-0.15, -0.1) is 11.3 Å². The van der Waals surface area contributed by atoms with Crippen LogP contribution in [0, 0.1) is 18.8 Å². The van der Waals surface area contributed by atoms with Crippen LogP contribution in [0.5, 0.6) is 0 Å². The normalized spacial score (nSPS) is 13.1. The molecule has 34 heavy (non-hydrogen) atoms. The highest BCUT2D eigenvalue weighted by Crippen LogP contribution is 2.30. The summed E-state index contributed by atoms with van der Waals surface area (Å²) < 4.78 is 43.2. The van der Waals surface area contributed by atoms with Crippen molar-refractivity contribution in [1.82, 2.24) is 19.9 Å². The van der Waals surface area contributed by atoms with Gasteiger partial charge in [-0.2, -0.15) is 13.2 Å². The first-order chi connectivity index (χ1) is 16.1. The van der Waals surface area contributed by atoms with E-state index in [4.69, 9.17) is 10.5 Å². The van der Waals surface area contributed by atoms with Crippen LogP contribution in [0.3, 0.4) is 0 Å². The van der Waals surface area contributed by atoms with Crippen LogP contribution in [0.2, 0.25) is 0 Å². The van der Waals surface area contributed by atoms with Crippen molar-refractivity contribution in [2.24, 2.45) is 0 Å². The highest BCUT2D eigenvalue weighted by Gasteiger charge is 2.46. The molecule has 0 bridgehead atoms. The topological polar surface area (TPSA) is 104 Å². The molecule has 1 aromatic carbocycles. The van der Waals surface area contributed by atoms with E-state index in [0.29, 0.717) is 28.2 Å². The number of halogens is 3. The quantitative estimate of drug-likeness (QED) is 0.340. The molecule has 0 aliphatic carbocycles. The van der Waals surface area contributed by atoms with Crippen LogP contribution in [-0.4, -0.2) is 32.1 Å². The Labute approximate surface area is 195 Å². The van der Waals surface area contributed by atoms with Crippen LogP contribution < -0.4 is 5.73 Å². The fraction of sp³-hybridized carbons (Fsp3) is 0.174. The van der Waals surface area contributed by atoms with Crippen molar-refractivity contribution in [2.45, 2.75) is 25.6 Å². The summed E-state index contributed by atoms with van der Waals surface area (Å²) in [6.45, 7) is 3.09. The van der Waals surface area contributed by atoms with E-state index >= 15 is 0 Å². The van der Waals surface area contributed by atoms with E-state index < -0.39 is 17.7 Å². The first-order valence-corrected chi connectivity index (χ1v) is 10.7. The number of esters is 1. The molecule has 0 aliphatic heterocycles. The zero-order chi connectivity index (χ0) is 24.5. The summed E-state index contributed by atoms with van der Waals surface area (Å²) in [5.74, 6) is 3.72. The largest absolute Gasteiger partial charge is 0.490 e. The average molecular weight is 483 g/mol. The number of aryl methyl sites for hydroxylation is 1. The standard InChI is InChI=1S/C23H16F3N5O2S/c1-13-16-7-9-28-18(27)17(16)31-19(30-13)15-5-3-4-14(12-15)6-8-22(2,20-29-10-11-34-20)33-21(32)23(24,25)26/h3-5,7,9-12H,1-2H3,(H2,27,28)/t22-/m1/s1. The Kier molecular flexibility index (Phi) is 5.93. The Morgan fingerprint density at radius 2 is 1.94 bits per heavy atom. The molecule has 11 heteroatoms. The lowest BCUT2D eigenvalue weighted by Crippen LogP contribution is -2.35. The van der Waals surface area contributed by atoms with Crippen LogP contribution in [0.25, 0.3) is 22.3 Å². The highest BCUT2D eigenvalue weighted by molar-refractivity contribution is 7.09. The molecule has 2 N–H and O–H groups in total. The highest BCUT2D eigenvalue weighted by atomic mass is 32.1. The fourth-order valence-electron chi connectivity index (χ4n) is 3.11. The van der Waals surface area contributed by atoms with Crippen molar-refractivity contribution in [3.8, 4) is 23.2 Å². The molecule has 0 spiro atoms. The van der Waals surface area contributed by atoms with Gasteiger partial charge < -0.3 is 10.5 Å². The van der Waals surface area contributed by atoms with Gasteiger partial charge in [0.2, 0.25) is 5.60 Å². The summed E-state index contributed by atoms with van der Waals surface area (Å²) in [4.78, 5) is 28.6. The number of thiazole rings is 1. The van der Waals surface area contributed by atoms with Crippen LogP contribution in [0.15, 0.2) is 48.1 Å². The lowest BCUT2D eigenvalue weighted by molar-refractivity contribution is -0.209. The minimum Gasteiger partial charge on any atom is -0.432 e. The number of hydrogen-bond acceptors (Lipinski definition) is 8. The summed E-state index contributed by atoms with van der Waals surface area (Å²) in [6, 6.07) is 8.58. The van der Waals surface area contributed by atoms with E-state index in [1.807, 2.05) is 6.92 Å². The Morgan fingerprint density at radius 3 is 2.65 bits per heavy atom. The molecule has 3 aromatic heterocycles. The van der Waals surface area contributed by atoms with Gasteiger partial charge in [0.15, 0.2) is 5.82 Å². The molecule has 4 rings (SSSR count). The smallest absolute Gasteiger partial charge is 0.432 e. The predicted molar refractivity (Wildman–Crippen MR) is 120 cm³/mol. The number of carbonyl (C=O) groups is 1. The number of pyridine rings is 1. The van der Waals surface area contributed by atoms with Gasteiger partial charge >= 0.3 is 12.1 Å². The van der Waals surface area contributed by atoms with Crippen LogP contribution in [0.4, 0.5) is 19.0 Å². The number of nitrogens with two attached hydrogens (primary N) is 1. The number of fused-ring (bicyclic) bond motifs is 1. The SMILES string of the molecule is Cc1nc(-c2cccc(C#C[C@@](C)(OC(=O)C(F)(F)F)c3nccs3)c2)nc2c(N)nccc12. The van der Waals surface area contributed by atoms with Crippen molar-refractivity contribution in [2.75, 3.05) is 5.73 Å². The van der Waals surface area contributed by atoms with Gasteiger partial charge in [-0.05, 0) is 38.0 Å². The van der Waals surface area contributed by atoms with E-state index in [9.17, 15) is 18.0 Å². The lowest BCUT2D eigenvalue weighted by Gasteiger charge is -2.22. The van der Waals surface area contributed by atoms with Crippen molar-refractivity contribution in [3.63, 3.8) is 0 Å². The van der Waals surface area contributed by atoms with Crippen molar-refractivity contribution in [3.05, 3.63) is 64.4 Å². The minimum absolute atomic E-state index is 0.116. The van der Waals surface area contributed by atoms with E-state index in [-0.39, 0.29) is 10.8 Å². The Morgan fingerprint density at radius 1 is 1.15 bits per heavy atom. The number of nitrogens with zero attached hydrogens (tertiary/aromatic N) is 4. The van der Waals surface area contributed by atoms with Gasteiger partial charge in [0, 0.05) is 40.0 Å². The molecule has 1 atom stereocenters. The molecule has 0 unspecified atom stereocenters. The number of anilines is 1. The Bertz CT molecular complexity index is 1440. The van der Waals surface area contributed by atoms with Crippen molar-refractivity contribution < 1.29 is 22.7 Å². The van der Waals surface area contributed by atoms with Gasteiger partial charge in [0.1, 0.15) is 16.3 Å². The molecular weight excluding hydrogens is 467 g/mol. The third-order valence-corrected chi connectivity index (χ3v) is 5.74. The first-order valence-electron chi connectivity index (χ1n) is 9.79. The molecule has 0 saturated heterocycles. The van der Waals surface area contributed by atoms with Gasteiger partial charge in [0.05, 0.1) is 0 Å². The zero-order valence-electron chi connectivity index (χ0n) is 17.8. The van der Waals surface area contributed by atoms with Gasteiger partial charge in [-0.25, -0.2) is 24.7 Å². The number of aromatic nitrogens is 4. The van der Waals surface area contributed by atoms with E-state index in [2.05, 4.69) is 31.8 Å². The summed E-state index contributed by atoms with van der Waals surface area (Å²) in [6.07, 6.45) is -2.20. The molecule has 172 valence electrons. The molecule has 0 amide bonds. The molecule has 0 fully saturated rings. The maximum absolute atomic E-state index is 12.8. The van der Waals surface area contributed by atoms with Crippen LogP contribution in [0.1, 0.15) is 23.2 Å². The van der Waals surface area contributed by atoms with Gasteiger partial charge in [0.25, 0.3) is 0 Å². The monoisotopic (exact) mass is 483 g/mol. The maximum atomic E-state index is 12.8. The summed E-state index contributed by atoms with van der Waals surface area (Å²) >= 11 is 1.03. The number of ether oxygens (including phenoxy) is 1. The second-order valence-corrected chi connectivity index (χ2v) is 8.21. The number of rotatable bonds is 3. The number of carbonyl (C=O) groups excluding carboxylic acids is 1. The van der Waals surface area contributed by atoms with Crippen molar-refractivity contribution >= 4 is 34.0 Å². The molecular formula is C23H16F3N5O2S. The third kappa shape index (κ3) is 4.67. The van der Waals surface area contributed by atoms with Crippen LogP contribution >= 0.6 is 11.3 Å². The summed E-state index contributed by atoms with van der Waals surface area (Å²) in [7, 11) is 0. The van der Waals surface area contributed by atoms with Crippen LogP contribution in [-0.2, 0) is 15.1 Å². The molecule has 7 nitrogen and oxygen atoms in total. The van der Waals surface area contributed by atoms with E-state index in [1.54, 1.807) is 41.9 Å². The Balaban J connectivity index is 1.73. The number of nitrogen functional groups attached to an aromatic ring is 1. The number of alkyl halides is 3. The second kappa shape index (κ2) is 8.72. The second-order valence-electron chi connectivity index (χ2n) is 7.31. The van der Waals surface area contributed by atoms with Gasteiger partial charge in [-0.1, -0.05) is 18.1 Å². The van der Waals surface area contributed by atoms with E-state index in [0.717, 1.165) is 16.7 Å². The molecule has 3 heterocycles. The number of hydrogen-bond donors (Lipinski definition) is 1. The summed E-state index contributed by atoms with van der Waals surface area (Å²) in [5.41, 5.74) is 6.35. The fourth-order valence-corrected chi connectivity index (χ4v) is 3.80. The predicted octanol–water partition coefficient (Wildman–Crippen LogP) is 4.41. The van der Waals surface area contributed by atoms with E-state index in [1.165, 1.54) is 13.1 Å². The number of benzene rings is 1. The minimum atomic E-state index is -5.16. The van der Waals surface area contributed by atoms with Gasteiger partial charge in [-0.3, -0.25) is 0 Å². The summed E-state index contributed by atoms with van der Waals surface area (Å²) in [5, 5.41) is 2.44. The molecule has 0 radical (unpaired) electrons. The molecule has 0 aliphatic rings. The maximum Gasteiger partial charge on any atom is 0.490 e. The Hall–Kier alpha value is -4.04. The first kappa shape index (κ1) is 23.1.